The molecule has 39 heavy (non-hydrogen) atoms. The Morgan fingerprint density at radius 1 is 1.05 bits per heavy atom. The number of nitrogens with zero attached hydrogens (tertiary/aromatic N) is 4. The van der Waals surface area contributed by atoms with E-state index in [1.807, 2.05) is 0 Å². The fourth-order valence-electron chi connectivity index (χ4n) is 3.63. The molecule has 0 radical (unpaired) electrons. The first kappa shape index (κ1) is 25.7. The molecule has 0 unspecified atom stereocenters. The first-order chi connectivity index (χ1) is 18.6. The predicted molar refractivity (Wildman–Crippen MR) is 135 cm³/mol. The number of halogens is 3. The molecule has 14 heteroatoms. The number of ether oxygens (including phenoxy) is 2. The molecule has 0 aliphatic carbocycles. The lowest BCUT2D eigenvalue weighted by molar-refractivity contribution is -0.384. The van der Waals surface area contributed by atoms with Crippen LogP contribution in [-0.4, -0.2) is 32.5 Å². The molecule has 0 bridgehead atoms. The van der Waals surface area contributed by atoms with Gasteiger partial charge in [-0.1, -0.05) is 6.07 Å². The van der Waals surface area contributed by atoms with Crippen molar-refractivity contribution in [3.05, 3.63) is 93.6 Å². The third-order valence-corrected chi connectivity index (χ3v) is 6.27. The number of fused-ring (bicyclic) bond motifs is 1. The van der Waals surface area contributed by atoms with Gasteiger partial charge in [-0.3, -0.25) is 14.9 Å². The smallest absolute Gasteiger partial charge is 0.433 e. The molecule has 0 fully saturated rings. The molecule has 3 heterocycles. The van der Waals surface area contributed by atoms with Crippen LogP contribution in [0.25, 0.3) is 16.2 Å². The molecular weight excluding hydrogens is 539 g/mol. The summed E-state index contributed by atoms with van der Waals surface area (Å²) in [5.41, 5.74) is -2.01. The third kappa shape index (κ3) is 5.50. The highest BCUT2D eigenvalue weighted by molar-refractivity contribution is 7.13. The van der Waals surface area contributed by atoms with Crippen molar-refractivity contribution in [2.45, 2.75) is 6.18 Å². The zero-order valence-corrected chi connectivity index (χ0v) is 20.6. The van der Waals surface area contributed by atoms with Gasteiger partial charge in [-0.05, 0) is 41.8 Å². The van der Waals surface area contributed by atoms with E-state index in [-0.39, 0.29) is 34.2 Å². The van der Waals surface area contributed by atoms with Crippen LogP contribution in [0.3, 0.4) is 0 Å². The van der Waals surface area contributed by atoms with Crippen molar-refractivity contribution in [1.82, 2.24) is 14.6 Å². The van der Waals surface area contributed by atoms with E-state index in [4.69, 9.17) is 9.47 Å². The second-order valence-electron chi connectivity index (χ2n) is 8.01. The number of methoxy groups -OCH3 is 1. The van der Waals surface area contributed by atoms with Crippen molar-refractivity contribution >= 4 is 34.3 Å². The lowest BCUT2D eigenvalue weighted by atomic mass is 10.2. The van der Waals surface area contributed by atoms with Gasteiger partial charge in [0.15, 0.2) is 17.0 Å². The van der Waals surface area contributed by atoms with Crippen molar-refractivity contribution in [2.75, 3.05) is 12.4 Å². The molecule has 0 atom stereocenters. The molecular formula is C25H16F3N5O5S. The number of non-ortho nitro benzene ring substituents is 1. The molecule has 3 aromatic heterocycles. The normalized spacial score (nSPS) is 11.4. The maximum Gasteiger partial charge on any atom is 0.433 e. The van der Waals surface area contributed by atoms with E-state index >= 15 is 0 Å². The Labute approximate surface area is 221 Å². The number of alkyl halides is 3. The molecule has 1 N–H and O–H groups in total. The topological polar surface area (TPSA) is 121 Å². The Kier molecular flexibility index (Phi) is 6.62. The number of benzene rings is 2. The van der Waals surface area contributed by atoms with Crippen LogP contribution < -0.4 is 14.8 Å². The number of carbonyl (C=O) groups excluding carboxylic acids is 1. The Bertz CT molecular complexity index is 1690. The summed E-state index contributed by atoms with van der Waals surface area (Å²) in [7, 11) is 1.50. The largest absolute Gasteiger partial charge is 0.497 e. The van der Waals surface area contributed by atoms with Gasteiger partial charge in [-0.15, -0.1) is 11.3 Å². The third-order valence-electron chi connectivity index (χ3n) is 5.38. The number of anilines is 1. The highest BCUT2D eigenvalue weighted by Gasteiger charge is 2.36. The van der Waals surface area contributed by atoms with Crippen LogP contribution in [0.1, 0.15) is 16.2 Å². The molecule has 0 saturated carbocycles. The SMILES string of the molecule is COc1ccc(Oc2cc(NC(=O)c3cc4nc(-c5cccs5)cc(C(F)(F)F)n4n3)cc([N+](=O)[O-])c2)cc1. The minimum absolute atomic E-state index is 0.0296. The second kappa shape index (κ2) is 10.1. The summed E-state index contributed by atoms with van der Waals surface area (Å²) in [6.07, 6.45) is -4.78. The van der Waals surface area contributed by atoms with Gasteiger partial charge in [0.05, 0.1) is 34.4 Å². The summed E-state index contributed by atoms with van der Waals surface area (Å²) >= 11 is 1.21. The molecule has 0 saturated heterocycles. The van der Waals surface area contributed by atoms with Crippen LogP contribution in [0.4, 0.5) is 24.5 Å². The van der Waals surface area contributed by atoms with E-state index in [1.54, 1.807) is 41.8 Å². The minimum Gasteiger partial charge on any atom is -0.497 e. The maximum absolute atomic E-state index is 13.8. The van der Waals surface area contributed by atoms with Crippen LogP contribution >= 0.6 is 11.3 Å². The van der Waals surface area contributed by atoms with Crippen LogP contribution in [-0.2, 0) is 6.18 Å². The van der Waals surface area contributed by atoms with Gasteiger partial charge >= 0.3 is 6.18 Å². The first-order valence-electron chi connectivity index (χ1n) is 11.1. The average Bonchev–Trinajstić information content (AvgIpc) is 3.58. The van der Waals surface area contributed by atoms with Gasteiger partial charge < -0.3 is 14.8 Å². The first-order valence-corrected chi connectivity index (χ1v) is 11.9. The fraction of sp³-hybridized carbons (Fsp3) is 0.0800. The summed E-state index contributed by atoms with van der Waals surface area (Å²) in [5.74, 6) is 0.0668. The van der Waals surface area contributed by atoms with Crippen molar-refractivity contribution in [1.29, 1.82) is 0 Å². The zero-order valence-electron chi connectivity index (χ0n) is 19.8. The van der Waals surface area contributed by atoms with Gasteiger partial charge in [0.25, 0.3) is 11.6 Å². The standard InChI is InChI=1S/C25H16F3N5O5S/c1-37-16-4-6-17(7-5-16)38-18-10-14(9-15(11-18)33(35)36)29-24(34)20-13-23-30-19(21-3-2-8-39-21)12-22(25(26,27)28)32(23)31-20/h2-13H,1H3,(H,29,34). The van der Waals surface area contributed by atoms with Crippen LogP contribution in [0.2, 0.25) is 0 Å². The molecule has 2 aromatic carbocycles. The summed E-state index contributed by atoms with van der Waals surface area (Å²) in [5, 5.41) is 19.4. The number of nitro groups is 1. The zero-order chi connectivity index (χ0) is 27.7. The summed E-state index contributed by atoms with van der Waals surface area (Å²) in [4.78, 5) is 28.5. The minimum atomic E-state index is -4.78. The quantitative estimate of drug-likeness (QED) is 0.181. The van der Waals surface area contributed by atoms with Gasteiger partial charge in [-0.25, -0.2) is 9.50 Å². The number of nitrogens with one attached hydrogen (secondary N) is 1. The summed E-state index contributed by atoms with van der Waals surface area (Å²) in [6.45, 7) is 0. The molecule has 1 amide bonds. The average molecular weight is 555 g/mol. The van der Waals surface area contributed by atoms with Crippen molar-refractivity contribution in [3.8, 4) is 27.8 Å². The summed E-state index contributed by atoms with van der Waals surface area (Å²) < 4.78 is 52.7. The van der Waals surface area contributed by atoms with E-state index in [1.165, 1.54) is 24.5 Å². The van der Waals surface area contributed by atoms with E-state index in [0.29, 0.717) is 20.9 Å². The Morgan fingerprint density at radius 3 is 2.44 bits per heavy atom. The molecule has 0 aliphatic rings. The second-order valence-corrected chi connectivity index (χ2v) is 8.95. The van der Waals surface area contributed by atoms with E-state index in [9.17, 15) is 28.1 Å². The maximum atomic E-state index is 13.8. The van der Waals surface area contributed by atoms with Crippen LogP contribution in [0, 0.1) is 10.1 Å². The molecule has 10 nitrogen and oxygen atoms in total. The molecule has 0 spiro atoms. The van der Waals surface area contributed by atoms with E-state index < -0.39 is 22.7 Å². The van der Waals surface area contributed by atoms with Gasteiger partial charge in [-0.2, -0.15) is 18.3 Å². The van der Waals surface area contributed by atoms with Crippen LogP contribution in [0.5, 0.6) is 17.2 Å². The highest BCUT2D eigenvalue weighted by Crippen LogP contribution is 2.34. The van der Waals surface area contributed by atoms with Crippen LogP contribution in [0.15, 0.2) is 72.1 Å². The number of nitro benzene ring substituents is 1. The van der Waals surface area contributed by atoms with Gasteiger partial charge in [0, 0.05) is 18.2 Å². The number of carbonyl (C=O) groups is 1. The molecule has 5 rings (SSSR count). The molecule has 198 valence electrons. The number of hydrogen-bond acceptors (Lipinski definition) is 8. The number of amides is 1. The predicted octanol–water partition coefficient (Wildman–Crippen LogP) is 6.44. The fourth-order valence-corrected chi connectivity index (χ4v) is 4.32. The Balaban J connectivity index is 1.47. The number of hydrogen-bond donors (Lipinski definition) is 1. The molecule has 0 aliphatic heterocycles. The van der Waals surface area contributed by atoms with Crippen molar-refractivity contribution in [2.24, 2.45) is 0 Å². The highest BCUT2D eigenvalue weighted by atomic mass is 32.1. The summed E-state index contributed by atoms with van der Waals surface area (Å²) in [6, 6.07) is 15.3. The lowest BCUT2D eigenvalue weighted by Crippen LogP contribution is -2.15. The van der Waals surface area contributed by atoms with Crippen molar-refractivity contribution in [3.63, 3.8) is 0 Å². The van der Waals surface area contributed by atoms with E-state index in [0.717, 1.165) is 24.3 Å². The monoisotopic (exact) mass is 555 g/mol. The lowest BCUT2D eigenvalue weighted by Gasteiger charge is -2.10. The Morgan fingerprint density at radius 2 is 1.79 bits per heavy atom. The van der Waals surface area contributed by atoms with Gasteiger partial charge in [0.1, 0.15) is 17.2 Å². The van der Waals surface area contributed by atoms with Gasteiger partial charge in [0.2, 0.25) is 0 Å². The number of thiophene rings is 1. The molecule has 5 aromatic rings. The van der Waals surface area contributed by atoms with E-state index in [2.05, 4.69) is 15.4 Å². The number of rotatable bonds is 7. The Hall–Kier alpha value is -4.98. The number of aromatic nitrogens is 3. The van der Waals surface area contributed by atoms with Crippen molar-refractivity contribution < 1.29 is 32.4 Å².